The van der Waals surface area contributed by atoms with Gasteiger partial charge in [-0.3, -0.25) is 24.8 Å². The third-order valence-corrected chi connectivity index (χ3v) is 8.39. The fourth-order valence-corrected chi connectivity index (χ4v) is 5.76. The number of aromatic amines is 1. The predicted octanol–water partition coefficient (Wildman–Crippen LogP) is 4.73. The molecule has 8 nitrogen and oxygen atoms in total. The molecule has 0 unspecified atom stereocenters. The molecule has 3 heterocycles. The minimum absolute atomic E-state index is 0.0106. The number of para-hydroxylation sites is 2. The first-order valence-corrected chi connectivity index (χ1v) is 14.1. The summed E-state index contributed by atoms with van der Waals surface area (Å²) in [5.74, 6) is -0.288. The molecule has 2 aliphatic rings. The molecule has 200 valence electrons. The van der Waals surface area contributed by atoms with Crippen LogP contribution in [0.1, 0.15) is 55.6 Å². The first kappa shape index (κ1) is 26.6. The summed E-state index contributed by atoms with van der Waals surface area (Å²) in [7, 11) is 0. The molecule has 3 aromatic rings. The van der Waals surface area contributed by atoms with Crippen LogP contribution in [0.3, 0.4) is 0 Å². The Labute approximate surface area is 231 Å². The smallest absolute Gasteiger partial charge is 0.280 e. The number of carbonyl (C=O) groups is 1. The zero-order valence-electron chi connectivity index (χ0n) is 21.9. The predicted molar refractivity (Wildman–Crippen MR) is 153 cm³/mol. The summed E-state index contributed by atoms with van der Waals surface area (Å²) in [4.78, 5) is 42.9. The number of hydroxylamine groups is 1. The number of piperidine rings is 2. The highest BCUT2D eigenvalue weighted by Gasteiger charge is 2.38. The average molecular weight is 581 g/mol. The maximum absolute atomic E-state index is 13.2. The van der Waals surface area contributed by atoms with Crippen molar-refractivity contribution in [2.24, 2.45) is 0 Å². The van der Waals surface area contributed by atoms with Gasteiger partial charge < -0.3 is 9.88 Å². The van der Waals surface area contributed by atoms with E-state index < -0.39 is 5.56 Å². The van der Waals surface area contributed by atoms with Crippen molar-refractivity contribution in [3.8, 4) is 0 Å². The summed E-state index contributed by atoms with van der Waals surface area (Å²) >= 11 is 3.52. The molecule has 2 saturated heterocycles. The molecule has 0 bridgehead atoms. The summed E-state index contributed by atoms with van der Waals surface area (Å²) in [6.07, 6.45) is 3.64. The number of carbonyl (C=O) groups excluding carboxylic acids is 1. The van der Waals surface area contributed by atoms with Crippen LogP contribution in [0.15, 0.2) is 63.4 Å². The Kier molecular flexibility index (Phi) is 7.97. The normalized spacial score (nSPS) is 18.0. The van der Waals surface area contributed by atoms with Crippen LogP contribution in [-0.2, 0) is 4.84 Å². The standard InChI is InChI=1S/C29H34BrN5O3/c1-3-38-33-25(20-8-10-22(30)11-9-20)21-12-16-35(17-13-21)29(2)14-18-34(19-15-29)28(37)26-27(36)32-24-7-5-4-6-23(24)31-26/h4-11,33H,3,12-19H2,1-2H3,(H,32,36). The number of fused-ring (bicyclic) bond motifs is 1. The Morgan fingerprint density at radius 1 is 1.08 bits per heavy atom. The van der Waals surface area contributed by atoms with Crippen molar-refractivity contribution in [1.82, 2.24) is 25.2 Å². The molecule has 2 fully saturated rings. The van der Waals surface area contributed by atoms with Gasteiger partial charge in [-0.1, -0.05) is 40.2 Å². The number of rotatable bonds is 6. The van der Waals surface area contributed by atoms with E-state index in [4.69, 9.17) is 4.84 Å². The number of nitrogens with zero attached hydrogens (tertiary/aromatic N) is 3. The van der Waals surface area contributed by atoms with Gasteiger partial charge in [-0.15, -0.1) is 0 Å². The molecular weight excluding hydrogens is 546 g/mol. The van der Waals surface area contributed by atoms with Gasteiger partial charge in [-0.25, -0.2) is 4.98 Å². The molecule has 38 heavy (non-hydrogen) atoms. The number of H-pyrrole nitrogens is 1. The molecule has 1 aromatic heterocycles. The molecular formula is C29H34BrN5O3. The topological polar surface area (TPSA) is 90.6 Å². The fourth-order valence-electron chi connectivity index (χ4n) is 5.49. The van der Waals surface area contributed by atoms with E-state index in [1.807, 2.05) is 19.1 Å². The lowest BCUT2D eigenvalue weighted by Crippen LogP contribution is -2.56. The van der Waals surface area contributed by atoms with E-state index in [0.717, 1.165) is 54.5 Å². The van der Waals surface area contributed by atoms with E-state index in [9.17, 15) is 9.59 Å². The van der Waals surface area contributed by atoms with Crippen LogP contribution < -0.4 is 11.0 Å². The molecule has 0 saturated carbocycles. The van der Waals surface area contributed by atoms with Gasteiger partial charge in [0.2, 0.25) is 0 Å². The zero-order chi connectivity index (χ0) is 26.7. The van der Waals surface area contributed by atoms with Crippen molar-refractivity contribution in [2.45, 2.75) is 45.1 Å². The van der Waals surface area contributed by atoms with E-state index in [-0.39, 0.29) is 17.1 Å². The highest BCUT2D eigenvalue weighted by Crippen LogP contribution is 2.34. The number of hydrogen-bond donors (Lipinski definition) is 2. The third-order valence-electron chi connectivity index (χ3n) is 7.87. The van der Waals surface area contributed by atoms with Gasteiger partial charge in [0.05, 0.1) is 23.3 Å². The summed E-state index contributed by atoms with van der Waals surface area (Å²) < 4.78 is 1.05. The summed E-state index contributed by atoms with van der Waals surface area (Å²) in [5, 5.41) is 0. The van der Waals surface area contributed by atoms with Gasteiger partial charge >= 0.3 is 0 Å². The van der Waals surface area contributed by atoms with E-state index >= 15 is 0 Å². The number of likely N-dealkylation sites (tertiary alicyclic amines) is 2. The lowest BCUT2D eigenvalue weighted by atomic mass is 9.85. The largest absolute Gasteiger partial charge is 0.337 e. The van der Waals surface area contributed by atoms with Gasteiger partial charge in [0.1, 0.15) is 0 Å². The molecule has 5 rings (SSSR count). The number of benzene rings is 2. The molecule has 9 heteroatoms. The van der Waals surface area contributed by atoms with Crippen LogP contribution in [0, 0.1) is 0 Å². The van der Waals surface area contributed by atoms with Gasteiger partial charge in [0.15, 0.2) is 5.69 Å². The maximum atomic E-state index is 13.2. The third kappa shape index (κ3) is 5.55. The lowest BCUT2D eigenvalue weighted by Gasteiger charge is -2.48. The molecule has 2 N–H and O–H groups in total. The van der Waals surface area contributed by atoms with E-state index in [2.05, 4.69) is 67.5 Å². The van der Waals surface area contributed by atoms with E-state index in [0.29, 0.717) is 30.7 Å². The lowest BCUT2D eigenvalue weighted by molar-refractivity contribution is 0.0253. The highest BCUT2D eigenvalue weighted by molar-refractivity contribution is 9.10. The van der Waals surface area contributed by atoms with Crippen molar-refractivity contribution in [3.63, 3.8) is 0 Å². The Morgan fingerprint density at radius 3 is 2.45 bits per heavy atom. The van der Waals surface area contributed by atoms with Crippen LogP contribution in [0.4, 0.5) is 0 Å². The summed E-state index contributed by atoms with van der Waals surface area (Å²) in [5.41, 5.74) is 7.57. The van der Waals surface area contributed by atoms with Gasteiger partial charge in [-0.2, -0.15) is 0 Å². The second kappa shape index (κ2) is 11.4. The van der Waals surface area contributed by atoms with E-state index in [1.54, 1.807) is 17.0 Å². The first-order chi connectivity index (χ1) is 18.4. The van der Waals surface area contributed by atoms with Crippen molar-refractivity contribution in [2.75, 3.05) is 32.8 Å². The molecule has 0 atom stereocenters. The zero-order valence-corrected chi connectivity index (χ0v) is 23.5. The molecule has 0 radical (unpaired) electrons. The van der Waals surface area contributed by atoms with Crippen LogP contribution in [-0.4, -0.2) is 64.0 Å². The second-order valence-corrected chi connectivity index (χ2v) is 11.1. The minimum atomic E-state index is -0.431. The van der Waals surface area contributed by atoms with Crippen LogP contribution in [0.25, 0.3) is 16.7 Å². The number of halogens is 1. The molecule has 1 amide bonds. The van der Waals surface area contributed by atoms with E-state index in [1.165, 1.54) is 5.57 Å². The van der Waals surface area contributed by atoms with Crippen molar-refractivity contribution in [1.29, 1.82) is 0 Å². The quantitative estimate of drug-likeness (QED) is 0.410. The van der Waals surface area contributed by atoms with Crippen LogP contribution >= 0.6 is 15.9 Å². The molecule has 0 aliphatic carbocycles. The minimum Gasteiger partial charge on any atom is -0.337 e. The van der Waals surface area contributed by atoms with Gasteiger partial charge in [0.25, 0.3) is 11.5 Å². The number of amides is 1. The Balaban J connectivity index is 1.24. The Morgan fingerprint density at radius 2 is 1.76 bits per heavy atom. The van der Waals surface area contributed by atoms with Crippen molar-refractivity contribution in [3.05, 3.63) is 80.2 Å². The monoisotopic (exact) mass is 579 g/mol. The number of hydrogen-bond acceptors (Lipinski definition) is 6. The fraction of sp³-hybridized carbons (Fsp3) is 0.414. The number of aromatic nitrogens is 2. The van der Waals surface area contributed by atoms with Crippen LogP contribution in [0.2, 0.25) is 0 Å². The van der Waals surface area contributed by atoms with Crippen molar-refractivity contribution < 1.29 is 9.63 Å². The summed E-state index contributed by atoms with van der Waals surface area (Å²) in [6.45, 7) is 8.01. The second-order valence-electron chi connectivity index (χ2n) is 10.2. The Hall–Kier alpha value is -3.01. The molecule has 2 aliphatic heterocycles. The Bertz CT molecular complexity index is 1380. The van der Waals surface area contributed by atoms with Crippen LogP contribution in [0.5, 0.6) is 0 Å². The highest BCUT2D eigenvalue weighted by atomic mass is 79.9. The molecule has 2 aromatic carbocycles. The van der Waals surface area contributed by atoms with Crippen molar-refractivity contribution >= 4 is 38.6 Å². The SMILES string of the molecule is CCONC(=C1CCN(C2(C)CCN(C(=O)c3nc4ccccc4[nH]c3=O)CC2)CC1)c1ccc(Br)cc1. The average Bonchev–Trinajstić information content (AvgIpc) is 2.94. The van der Waals surface area contributed by atoms with Gasteiger partial charge in [-0.05, 0) is 74.9 Å². The molecule has 0 spiro atoms. The maximum Gasteiger partial charge on any atom is 0.280 e. The number of nitrogens with one attached hydrogen (secondary N) is 2. The van der Waals surface area contributed by atoms with Gasteiger partial charge in [0, 0.05) is 36.2 Å². The first-order valence-electron chi connectivity index (χ1n) is 13.3. The summed E-state index contributed by atoms with van der Waals surface area (Å²) in [6, 6.07) is 15.6.